The van der Waals surface area contributed by atoms with Gasteiger partial charge in [0, 0.05) is 6.42 Å². The van der Waals surface area contributed by atoms with Crippen molar-refractivity contribution in [3.8, 4) is 0 Å². The molecule has 0 N–H and O–H groups in total. The second kappa shape index (κ2) is 3.90. The molecule has 1 aliphatic rings. The number of hydrogen-bond acceptors (Lipinski definition) is 4. The van der Waals surface area contributed by atoms with Gasteiger partial charge in [0.05, 0.1) is 4.90 Å². The largest absolute Gasteiger partial charge is 0.462 e. The van der Waals surface area contributed by atoms with E-state index >= 15 is 0 Å². The van der Waals surface area contributed by atoms with Crippen molar-refractivity contribution in [3.05, 3.63) is 30.3 Å². The van der Waals surface area contributed by atoms with Gasteiger partial charge in [0.15, 0.2) is 15.1 Å². The van der Waals surface area contributed by atoms with Gasteiger partial charge in [0.1, 0.15) is 6.10 Å². The molecule has 0 aliphatic carbocycles. The molecule has 0 amide bonds. The summed E-state index contributed by atoms with van der Waals surface area (Å²) in [6, 6.07) is 7.99. The molecule has 1 heterocycles. The molecule has 0 saturated carbocycles. The van der Waals surface area contributed by atoms with Crippen LogP contribution in [0.1, 0.15) is 13.3 Å². The highest BCUT2D eigenvalue weighted by Gasteiger charge is 2.42. The summed E-state index contributed by atoms with van der Waals surface area (Å²) in [4.78, 5) is 11.6. The first kappa shape index (κ1) is 11.1. The predicted octanol–water partition coefficient (Wildman–Crippen LogP) is 1.16. The van der Waals surface area contributed by atoms with Crippen LogP contribution in [0.25, 0.3) is 0 Å². The maximum absolute atomic E-state index is 12.1. The Labute approximate surface area is 94.2 Å². The minimum atomic E-state index is -3.60. The maximum atomic E-state index is 12.1. The molecule has 4 nitrogen and oxygen atoms in total. The Morgan fingerprint density at radius 3 is 2.38 bits per heavy atom. The normalized spacial score (nSPS) is 25.4. The molecular weight excluding hydrogens is 228 g/mol. The summed E-state index contributed by atoms with van der Waals surface area (Å²) in [6.45, 7) is 1.69. The summed E-state index contributed by atoms with van der Waals surface area (Å²) in [5.41, 5.74) is 0. The summed E-state index contributed by atoms with van der Waals surface area (Å²) in [5.74, 6) is -0.642. The minimum absolute atomic E-state index is 0.172. The second-order valence-corrected chi connectivity index (χ2v) is 5.96. The lowest BCUT2D eigenvalue weighted by Gasteiger charge is -2.07. The molecule has 2 atom stereocenters. The molecule has 1 unspecified atom stereocenters. The Bertz CT molecular complexity index is 492. The fourth-order valence-electron chi connectivity index (χ4n) is 1.75. The van der Waals surface area contributed by atoms with E-state index < -0.39 is 21.1 Å². The van der Waals surface area contributed by atoms with Gasteiger partial charge < -0.3 is 4.74 Å². The van der Waals surface area contributed by atoms with Crippen LogP contribution in [-0.2, 0) is 19.4 Å². The zero-order valence-electron chi connectivity index (χ0n) is 8.79. The van der Waals surface area contributed by atoms with E-state index in [9.17, 15) is 13.2 Å². The maximum Gasteiger partial charge on any atom is 0.325 e. The molecule has 1 aromatic carbocycles. The van der Waals surface area contributed by atoms with Crippen LogP contribution in [0.15, 0.2) is 35.2 Å². The van der Waals surface area contributed by atoms with Crippen LogP contribution in [0.4, 0.5) is 0 Å². The molecule has 5 heteroatoms. The van der Waals surface area contributed by atoms with Crippen LogP contribution in [0.5, 0.6) is 0 Å². The molecule has 0 spiro atoms. The lowest BCUT2D eigenvalue weighted by atomic mass is 10.3. The summed E-state index contributed by atoms with van der Waals surface area (Å²) >= 11 is 0. The van der Waals surface area contributed by atoms with Crippen molar-refractivity contribution >= 4 is 15.8 Å². The molecule has 0 aromatic heterocycles. The number of rotatable bonds is 2. The van der Waals surface area contributed by atoms with Crippen LogP contribution in [0.2, 0.25) is 0 Å². The van der Waals surface area contributed by atoms with E-state index in [0.29, 0.717) is 0 Å². The molecule has 2 rings (SSSR count). The summed E-state index contributed by atoms with van der Waals surface area (Å²) < 4.78 is 29.0. The van der Waals surface area contributed by atoms with Gasteiger partial charge >= 0.3 is 5.97 Å². The van der Waals surface area contributed by atoms with Crippen molar-refractivity contribution in [3.63, 3.8) is 0 Å². The Kier molecular flexibility index (Phi) is 2.71. The Balaban J connectivity index is 2.37. The van der Waals surface area contributed by atoms with Gasteiger partial charge in [0.2, 0.25) is 0 Å². The third-order valence-corrected chi connectivity index (χ3v) is 4.64. The molecule has 86 valence electrons. The van der Waals surface area contributed by atoms with E-state index in [1.165, 1.54) is 12.1 Å². The van der Waals surface area contributed by atoms with Gasteiger partial charge in [-0.3, -0.25) is 4.79 Å². The number of sulfone groups is 1. The number of esters is 1. The van der Waals surface area contributed by atoms with E-state index in [2.05, 4.69) is 0 Å². The van der Waals surface area contributed by atoms with E-state index in [1.54, 1.807) is 25.1 Å². The standard InChI is InChI=1S/C11H12O4S/c1-8-7-10(11(12)15-8)16(13,14)9-5-3-2-4-6-9/h2-6,8,10H,7H2,1H3/t8-,10?/m0/s1. The zero-order valence-corrected chi connectivity index (χ0v) is 9.61. The number of cyclic esters (lactones) is 1. The fourth-order valence-corrected chi connectivity index (χ4v) is 3.45. The quantitative estimate of drug-likeness (QED) is 0.728. The van der Waals surface area contributed by atoms with Gasteiger partial charge in [-0.1, -0.05) is 18.2 Å². The van der Waals surface area contributed by atoms with Crippen molar-refractivity contribution in [2.24, 2.45) is 0 Å². The van der Waals surface area contributed by atoms with E-state index in [1.807, 2.05) is 0 Å². The highest BCUT2D eigenvalue weighted by atomic mass is 32.2. The third-order valence-electron chi connectivity index (χ3n) is 2.57. The van der Waals surface area contributed by atoms with E-state index in [-0.39, 0.29) is 17.4 Å². The van der Waals surface area contributed by atoms with Gasteiger partial charge in [-0.05, 0) is 19.1 Å². The Hall–Kier alpha value is -1.36. The summed E-state index contributed by atoms with van der Waals surface area (Å²) in [7, 11) is -3.60. The number of ether oxygens (including phenoxy) is 1. The second-order valence-electron chi connectivity index (χ2n) is 3.83. The first-order valence-electron chi connectivity index (χ1n) is 5.01. The SMILES string of the molecule is C[C@H]1CC(S(=O)(=O)c2ccccc2)C(=O)O1. The van der Waals surface area contributed by atoms with E-state index in [4.69, 9.17) is 4.74 Å². The predicted molar refractivity (Wildman–Crippen MR) is 57.6 cm³/mol. The van der Waals surface area contributed by atoms with Crippen LogP contribution < -0.4 is 0 Å². The van der Waals surface area contributed by atoms with E-state index in [0.717, 1.165) is 0 Å². The van der Waals surface area contributed by atoms with Gasteiger partial charge in [-0.15, -0.1) is 0 Å². The zero-order chi connectivity index (χ0) is 11.8. The average Bonchev–Trinajstić information content (AvgIpc) is 2.60. The lowest BCUT2D eigenvalue weighted by molar-refractivity contribution is -0.140. The van der Waals surface area contributed by atoms with Crippen molar-refractivity contribution in [1.29, 1.82) is 0 Å². The first-order chi connectivity index (χ1) is 7.51. The number of benzene rings is 1. The van der Waals surface area contributed by atoms with Gasteiger partial charge in [-0.2, -0.15) is 0 Å². The highest BCUT2D eigenvalue weighted by Crippen LogP contribution is 2.26. The number of hydrogen-bond donors (Lipinski definition) is 0. The minimum Gasteiger partial charge on any atom is -0.462 e. The summed E-state index contributed by atoms with van der Waals surface area (Å²) in [5, 5.41) is -1.05. The Morgan fingerprint density at radius 2 is 1.88 bits per heavy atom. The number of carbonyl (C=O) groups is 1. The topological polar surface area (TPSA) is 60.4 Å². The summed E-state index contributed by atoms with van der Waals surface area (Å²) in [6.07, 6.45) is -0.0910. The number of carbonyl (C=O) groups excluding carboxylic acids is 1. The molecule has 0 radical (unpaired) electrons. The van der Waals surface area contributed by atoms with Crippen molar-refractivity contribution in [2.75, 3.05) is 0 Å². The van der Waals surface area contributed by atoms with Crippen molar-refractivity contribution in [1.82, 2.24) is 0 Å². The van der Waals surface area contributed by atoms with Crippen LogP contribution >= 0.6 is 0 Å². The van der Waals surface area contributed by atoms with Crippen LogP contribution in [0, 0.1) is 0 Å². The fraction of sp³-hybridized carbons (Fsp3) is 0.364. The van der Waals surface area contributed by atoms with Gasteiger partial charge in [0.25, 0.3) is 0 Å². The molecule has 16 heavy (non-hydrogen) atoms. The molecular formula is C11H12O4S. The van der Waals surface area contributed by atoms with Gasteiger partial charge in [-0.25, -0.2) is 8.42 Å². The average molecular weight is 240 g/mol. The molecule has 1 aromatic rings. The molecule has 0 bridgehead atoms. The van der Waals surface area contributed by atoms with Crippen LogP contribution in [-0.4, -0.2) is 25.7 Å². The Morgan fingerprint density at radius 1 is 1.25 bits per heavy atom. The third kappa shape index (κ3) is 1.82. The molecule has 1 aliphatic heterocycles. The smallest absolute Gasteiger partial charge is 0.325 e. The molecule has 1 saturated heterocycles. The van der Waals surface area contributed by atoms with Crippen molar-refractivity contribution in [2.45, 2.75) is 29.6 Å². The molecule has 1 fully saturated rings. The van der Waals surface area contributed by atoms with Crippen LogP contribution in [0.3, 0.4) is 0 Å². The lowest BCUT2D eigenvalue weighted by Crippen LogP contribution is -2.26. The monoisotopic (exact) mass is 240 g/mol. The first-order valence-corrected chi connectivity index (χ1v) is 6.56. The highest BCUT2D eigenvalue weighted by molar-refractivity contribution is 7.92. The van der Waals surface area contributed by atoms with Crippen molar-refractivity contribution < 1.29 is 17.9 Å².